The number of benzene rings is 1. The molecular weight excluding hydrogens is 426 g/mol. The highest BCUT2D eigenvalue weighted by Gasteiger charge is 2.22. The minimum Gasteiger partial charge on any atom is -0.480 e. The molecule has 1 rings (SSSR count). The molecule has 0 heterocycles. The molecule has 0 aliphatic carbocycles. The fourth-order valence-electron chi connectivity index (χ4n) is 2.25. The Morgan fingerprint density at radius 3 is 2.19 bits per heavy atom. The summed E-state index contributed by atoms with van der Waals surface area (Å²) in [6.45, 7) is -1.67. The average molecular weight is 451 g/mol. The molecular formula is C19H25N5O8. The van der Waals surface area contributed by atoms with Gasteiger partial charge in [-0.2, -0.15) is 0 Å². The van der Waals surface area contributed by atoms with Crippen LogP contribution in [0.3, 0.4) is 0 Å². The Balaban J connectivity index is 2.47. The van der Waals surface area contributed by atoms with Crippen molar-refractivity contribution in [2.45, 2.75) is 25.5 Å². The van der Waals surface area contributed by atoms with E-state index in [0.717, 1.165) is 5.56 Å². The summed E-state index contributed by atoms with van der Waals surface area (Å²) in [6, 6.07) is 7.65. The summed E-state index contributed by atoms with van der Waals surface area (Å²) in [5, 5.41) is 17.3. The predicted molar refractivity (Wildman–Crippen MR) is 109 cm³/mol. The van der Waals surface area contributed by atoms with Gasteiger partial charge in [0.25, 0.3) is 0 Å². The van der Waals surface area contributed by atoms with E-state index in [9.17, 15) is 28.8 Å². The molecule has 0 fully saturated rings. The van der Waals surface area contributed by atoms with Crippen molar-refractivity contribution in [3.8, 4) is 0 Å². The highest BCUT2D eigenvalue weighted by Crippen LogP contribution is 2.00. The summed E-state index contributed by atoms with van der Waals surface area (Å²) >= 11 is 0. The van der Waals surface area contributed by atoms with Crippen LogP contribution in [0.5, 0.6) is 0 Å². The molecule has 13 nitrogen and oxygen atoms in total. The zero-order valence-electron chi connectivity index (χ0n) is 17.1. The number of nitrogens with two attached hydrogens (primary N) is 1. The number of ether oxygens (including phenoxy) is 1. The van der Waals surface area contributed by atoms with E-state index in [1.54, 1.807) is 30.3 Å². The van der Waals surface area contributed by atoms with Crippen molar-refractivity contribution in [2.24, 2.45) is 5.73 Å². The van der Waals surface area contributed by atoms with E-state index in [2.05, 4.69) is 16.0 Å². The van der Waals surface area contributed by atoms with Gasteiger partial charge in [0.05, 0.1) is 6.54 Å². The SMILES string of the molecule is NC(=O)CCC(NC(=O)CNC(=O)OCc1ccccc1)C(=O)NCC(=O)NCC(=O)O. The number of hydrogen-bond donors (Lipinski definition) is 6. The van der Waals surface area contributed by atoms with E-state index in [-0.39, 0.29) is 19.4 Å². The number of hydrogen-bond acceptors (Lipinski definition) is 7. The topological polar surface area (TPSA) is 206 Å². The van der Waals surface area contributed by atoms with Crippen LogP contribution in [-0.4, -0.2) is 66.5 Å². The fourth-order valence-corrected chi connectivity index (χ4v) is 2.25. The molecule has 13 heteroatoms. The molecule has 5 amide bonds. The lowest BCUT2D eigenvalue weighted by Gasteiger charge is -2.18. The van der Waals surface area contributed by atoms with Crippen LogP contribution in [0.1, 0.15) is 18.4 Å². The van der Waals surface area contributed by atoms with E-state index in [1.807, 2.05) is 5.32 Å². The van der Waals surface area contributed by atoms with Crippen molar-refractivity contribution >= 4 is 35.7 Å². The van der Waals surface area contributed by atoms with E-state index < -0.39 is 61.4 Å². The predicted octanol–water partition coefficient (Wildman–Crippen LogP) is -2.02. The van der Waals surface area contributed by atoms with Gasteiger partial charge in [0.15, 0.2) is 0 Å². The van der Waals surface area contributed by atoms with Crippen LogP contribution in [0.25, 0.3) is 0 Å². The maximum atomic E-state index is 12.2. The maximum Gasteiger partial charge on any atom is 0.407 e. The van der Waals surface area contributed by atoms with E-state index in [0.29, 0.717) is 0 Å². The minimum atomic E-state index is -1.26. The van der Waals surface area contributed by atoms with E-state index in [4.69, 9.17) is 15.6 Å². The summed E-state index contributed by atoms with van der Waals surface area (Å²) in [5.41, 5.74) is 5.82. The first-order valence-electron chi connectivity index (χ1n) is 9.45. The Labute approximate surface area is 183 Å². The van der Waals surface area contributed by atoms with Gasteiger partial charge in [0.1, 0.15) is 25.7 Å². The number of nitrogens with one attached hydrogen (secondary N) is 4. The molecule has 0 aliphatic rings. The molecule has 0 spiro atoms. The monoisotopic (exact) mass is 451 g/mol. The second kappa shape index (κ2) is 14.0. The van der Waals surface area contributed by atoms with Crippen LogP contribution in [0.4, 0.5) is 4.79 Å². The first-order valence-corrected chi connectivity index (χ1v) is 9.45. The van der Waals surface area contributed by atoms with Gasteiger partial charge >= 0.3 is 12.1 Å². The Kier molecular flexibility index (Phi) is 11.3. The van der Waals surface area contributed by atoms with Gasteiger partial charge < -0.3 is 36.8 Å². The van der Waals surface area contributed by atoms with Crippen LogP contribution in [0.15, 0.2) is 30.3 Å². The largest absolute Gasteiger partial charge is 0.480 e. The zero-order chi connectivity index (χ0) is 23.9. The van der Waals surface area contributed by atoms with Crippen LogP contribution in [0.2, 0.25) is 0 Å². The Hall–Kier alpha value is -4.16. The first kappa shape index (κ1) is 25.9. The number of rotatable bonds is 13. The summed E-state index contributed by atoms with van der Waals surface area (Å²) in [5.74, 6) is -4.27. The third-order valence-corrected chi connectivity index (χ3v) is 3.80. The number of primary amides is 1. The minimum absolute atomic E-state index is 0.00186. The molecule has 0 saturated heterocycles. The standard InChI is InChI=1S/C19H25N5O8/c20-14(25)7-6-13(18(30)22-8-15(26)21-10-17(28)29)24-16(27)9-23-19(31)32-11-12-4-2-1-3-5-12/h1-5,13H,6-11H2,(H2,20,25)(H,21,26)(H,22,30)(H,23,31)(H,24,27)(H,28,29). The second-order valence-electron chi connectivity index (χ2n) is 6.43. The molecule has 0 radical (unpaired) electrons. The van der Waals surface area contributed by atoms with Crippen molar-refractivity contribution < 1.29 is 38.6 Å². The Morgan fingerprint density at radius 1 is 0.906 bits per heavy atom. The van der Waals surface area contributed by atoms with Crippen molar-refractivity contribution in [2.75, 3.05) is 19.6 Å². The Bertz CT molecular complexity index is 830. The molecule has 1 aromatic rings. The molecule has 0 aromatic heterocycles. The number of carboxylic acids is 1. The van der Waals surface area contributed by atoms with Gasteiger partial charge in [-0.1, -0.05) is 30.3 Å². The van der Waals surface area contributed by atoms with Gasteiger partial charge in [0.2, 0.25) is 23.6 Å². The van der Waals surface area contributed by atoms with E-state index in [1.165, 1.54) is 0 Å². The highest BCUT2D eigenvalue weighted by molar-refractivity contribution is 5.92. The van der Waals surface area contributed by atoms with Crippen molar-refractivity contribution in [3.63, 3.8) is 0 Å². The lowest BCUT2D eigenvalue weighted by Crippen LogP contribution is -2.51. The zero-order valence-corrected chi connectivity index (χ0v) is 17.1. The molecule has 7 N–H and O–H groups in total. The maximum absolute atomic E-state index is 12.2. The third-order valence-electron chi connectivity index (χ3n) is 3.80. The van der Waals surface area contributed by atoms with Gasteiger partial charge in [-0.15, -0.1) is 0 Å². The third kappa shape index (κ3) is 11.7. The van der Waals surface area contributed by atoms with Crippen LogP contribution >= 0.6 is 0 Å². The number of carboxylic acid groups (broad SMARTS) is 1. The van der Waals surface area contributed by atoms with E-state index >= 15 is 0 Å². The smallest absolute Gasteiger partial charge is 0.407 e. The molecule has 1 aromatic carbocycles. The second-order valence-corrected chi connectivity index (χ2v) is 6.43. The summed E-state index contributed by atoms with van der Waals surface area (Å²) < 4.78 is 4.96. The number of carbonyl (C=O) groups excluding carboxylic acids is 5. The van der Waals surface area contributed by atoms with Gasteiger partial charge in [-0.3, -0.25) is 24.0 Å². The van der Waals surface area contributed by atoms with Gasteiger partial charge in [-0.05, 0) is 12.0 Å². The fraction of sp³-hybridized carbons (Fsp3) is 0.368. The molecule has 174 valence electrons. The molecule has 0 saturated carbocycles. The number of alkyl carbamates (subject to hydrolysis) is 1. The van der Waals surface area contributed by atoms with Crippen molar-refractivity contribution in [1.82, 2.24) is 21.3 Å². The lowest BCUT2D eigenvalue weighted by molar-refractivity contribution is -0.138. The first-order chi connectivity index (χ1) is 15.2. The van der Waals surface area contributed by atoms with Crippen LogP contribution < -0.4 is 27.0 Å². The summed E-state index contributed by atoms with van der Waals surface area (Å²) in [7, 11) is 0. The van der Waals surface area contributed by atoms with Crippen molar-refractivity contribution in [1.29, 1.82) is 0 Å². The van der Waals surface area contributed by atoms with Crippen LogP contribution in [-0.2, 0) is 35.3 Å². The molecule has 1 atom stereocenters. The quantitative estimate of drug-likeness (QED) is 0.197. The summed E-state index contributed by atoms with van der Waals surface area (Å²) in [4.78, 5) is 68.9. The van der Waals surface area contributed by atoms with Crippen LogP contribution in [0, 0.1) is 0 Å². The molecule has 32 heavy (non-hydrogen) atoms. The van der Waals surface area contributed by atoms with Gasteiger partial charge in [0, 0.05) is 6.42 Å². The molecule has 0 aliphatic heterocycles. The highest BCUT2D eigenvalue weighted by atomic mass is 16.5. The summed E-state index contributed by atoms with van der Waals surface area (Å²) in [6.07, 6.45) is -1.23. The number of aliphatic carboxylic acids is 1. The number of carbonyl (C=O) groups is 6. The normalized spacial score (nSPS) is 10.9. The Morgan fingerprint density at radius 2 is 1.56 bits per heavy atom. The average Bonchev–Trinajstić information content (AvgIpc) is 2.76. The molecule has 1 unspecified atom stereocenters. The molecule has 0 bridgehead atoms. The number of amides is 5. The van der Waals surface area contributed by atoms with Gasteiger partial charge in [-0.25, -0.2) is 4.79 Å². The lowest BCUT2D eigenvalue weighted by atomic mass is 10.1. The van der Waals surface area contributed by atoms with Crippen molar-refractivity contribution in [3.05, 3.63) is 35.9 Å².